The number of rotatable bonds is 4. The second-order valence-electron chi connectivity index (χ2n) is 3.32. The smallest absolute Gasteiger partial charge is 0.276 e. The van der Waals surface area contributed by atoms with Crippen LogP contribution in [0.5, 0.6) is 0 Å². The first kappa shape index (κ1) is 12.7. The molecule has 0 saturated carbocycles. The topological polar surface area (TPSA) is 71.7 Å². The average Bonchev–Trinajstić information content (AvgIpc) is 2.82. The third-order valence-corrected chi connectivity index (χ3v) is 3.52. The Hall–Kier alpha value is -1.79. The molecule has 1 N–H and O–H groups in total. The van der Waals surface area contributed by atoms with E-state index in [9.17, 15) is 8.42 Å². The van der Waals surface area contributed by atoms with E-state index in [4.69, 9.17) is 16.0 Å². The number of benzene rings is 1. The van der Waals surface area contributed by atoms with Crippen molar-refractivity contribution in [2.45, 2.75) is 4.90 Å². The van der Waals surface area contributed by atoms with Gasteiger partial charge < -0.3 is 4.42 Å². The summed E-state index contributed by atoms with van der Waals surface area (Å²) < 4.78 is 28.5. The Labute approximate surface area is 109 Å². The van der Waals surface area contributed by atoms with Gasteiger partial charge in [-0.2, -0.15) is 18.4 Å². The Morgan fingerprint density at radius 1 is 1.22 bits per heavy atom. The first-order valence-electron chi connectivity index (χ1n) is 4.92. The lowest BCUT2D eigenvalue weighted by molar-refractivity contribution is 0.559. The van der Waals surface area contributed by atoms with Gasteiger partial charge in [-0.3, -0.25) is 0 Å². The van der Waals surface area contributed by atoms with Crippen LogP contribution in [0.4, 0.5) is 0 Å². The molecule has 1 aromatic heterocycles. The van der Waals surface area contributed by atoms with Crippen LogP contribution >= 0.6 is 11.6 Å². The molecule has 1 aromatic carbocycles. The molecular formula is C11H9ClN2O3S. The number of sulfonamides is 1. The summed E-state index contributed by atoms with van der Waals surface area (Å²) >= 11 is 5.68. The summed E-state index contributed by atoms with van der Waals surface area (Å²) in [6.07, 6.45) is 2.74. The molecule has 5 nitrogen and oxygen atoms in total. The molecule has 1 heterocycles. The lowest BCUT2D eigenvalue weighted by atomic mass is 10.4. The normalized spacial score (nSPS) is 11.8. The van der Waals surface area contributed by atoms with E-state index in [1.807, 2.05) is 0 Å². The molecule has 0 spiro atoms. The van der Waals surface area contributed by atoms with E-state index in [1.54, 1.807) is 12.1 Å². The van der Waals surface area contributed by atoms with Crippen molar-refractivity contribution in [3.8, 4) is 0 Å². The molecule has 0 unspecified atom stereocenters. The van der Waals surface area contributed by atoms with Gasteiger partial charge in [-0.1, -0.05) is 11.6 Å². The molecule has 0 radical (unpaired) electrons. The third kappa shape index (κ3) is 3.12. The van der Waals surface area contributed by atoms with Crippen molar-refractivity contribution in [1.82, 2.24) is 4.83 Å². The summed E-state index contributed by atoms with van der Waals surface area (Å²) in [6.45, 7) is 0. The van der Waals surface area contributed by atoms with Crippen LogP contribution in [0, 0.1) is 0 Å². The van der Waals surface area contributed by atoms with Crippen LogP contribution < -0.4 is 4.83 Å². The fourth-order valence-corrected chi connectivity index (χ4v) is 2.11. The summed E-state index contributed by atoms with van der Waals surface area (Å²) in [5, 5.41) is 4.06. The Kier molecular flexibility index (Phi) is 3.69. The van der Waals surface area contributed by atoms with Gasteiger partial charge >= 0.3 is 0 Å². The van der Waals surface area contributed by atoms with E-state index in [2.05, 4.69) is 9.93 Å². The minimum Gasteiger partial charge on any atom is -0.463 e. The summed E-state index contributed by atoms with van der Waals surface area (Å²) in [7, 11) is -3.68. The molecule has 2 rings (SSSR count). The lowest BCUT2D eigenvalue weighted by Gasteiger charge is -2.02. The predicted molar refractivity (Wildman–Crippen MR) is 68.1 cm³/mol. The van der Waals surface area contributed by atoms with Crippen molar-refractivity contribution in [1.29, 1.82) is 0 Å². The maximum Gasteiger partial charge on any atom is 0.276 e. The molecular weight excluding hydrogens is 276 g/mol. The first-order chi connectivity index (χ1) is 8.58. The van der Waals surface area contributed by atoms with Crippen LogP contribution in [0.3, 0.4) is 0 Å². The molecule has 0 saturated heterocycles. The van der Waals surface area contributed by atoms with Crippen molar-refractivity contribution in [3.05, 3.63) is 53.4 Å². The van der Waals surface area contributed by atoms with Gasteiger partial charge in [0.2, 0.25) is 0 Å². The van der Waals surface area contributed by atoms with Crippen LogP contribution in [0.25, 0.3) is 0 Å². The number of halogens is 1. The zero-order valence-corrected chi connectivity index (χ0v) is 10.6. The fourth-order valence-electron chi connectivity index (χ4n) is 1.19. The molecule has 7 heteroatoms. The molecule has 0 aliphatic rings. The molecule has 0 fully saturated rings. The first-order valence-corrected chi connectivity index (χ1v) is 6.78. The molecule has 18 heavy (non-hydrogen) atoms. The number of nitrogens with zero attached hydrogens (tertiary/aromatic N) is 1. The second kappa shape index (κ2) is 5.24. The van der Waals surface area contributed by atoms with E-state index in [0.29, 0.717) is 10.8 Å². The molecule has 0 amide bonds. The zero-order valence-electron chi connectivity index (χ0n) is 9.08. The maximum absolute atomic E-state index is 11.8. The molecule has 2 aromatic rings. The van der Waals surface area contributed by atoms with Gasteiger partial charge in [0.25, 0.3) is 10.0 Å². The van der Waals surface area contributed by atoms with Gasteiger partial charge in [0.1, 0.15) is 5.76 Å². The largest absolute Gasteiger partial charge is 0.463 e. The standard InChI is InChI=1S/C11H9ClN2O3S/c12-9-3-5-11(6-4-9)18(15,16)14-13-8-10-2-1-7-17-10/h1-8,14H/b13-8+. The highest BCUT2D eigenvalue weighted by atomic mass is 35.5. The summed E-state index contributed by atoms with van der Waals surface area (Å²) in [5.74, 6) is 0.453. The Morgan fingerprint density at radius 2 is 1.94 bits per heavy atom. The van der Waals surface area contributed by atoms with Crippen LogP contribution in [0.1, 0.15) is 5.76 Å². The quantitative estimate of drug-likeness (QED) is 0.691. The van der Waals surface area contributed by atoms with Gasteiger partial charge in [0.05, 0.1) is 17.4 Å². The van der Waals surface area contributed by atoms with Crippen molar-refractivity contribution >= 4 is 27.8 Å². The number of nitrogens with one attached hydrogen (secondary N) is 1. The van der Waals surface area contributed by atoms with E-state index in [-0.39, 0.29) is 4.90 Å². The third-order valence-electron chi connectivity index (χ3n) is 2.03. The van der Waals surface area contributed by atoms with Crippen LogP contribution in [-0.4, -0.2) is 14.6 Å². The highest BCUT2D eigenvalue weighted by Gasteiger charge is 2.11. The average molecular weight is 285 g/mol. The van der Waals surface area contributed by atoms with E-state index in [1.165, 1.54) is 36.7 Å². The Bertz CT molecular complexity index is 633. The van der Waals surface area contributed by atoms with Crippen LogP contribution in [0.2, 0.25) is 5.02 Å². The lowest BCUT2D eigenvalue weighted by Crippen LogP contribution is -2.18. The van der Waals surface area contributed by atoms with Crippen molar-refractivity contribution in [2.24, 2.45) is 5.10 Å². The van der Waals surface area contributed by atoms with E-state index in [0.717, 1.165) is 0 Å². The molecule has 0 aliphatic heterocycles. The molecule has 0 aliphatic carbocycles. The Balaban J connectivity index is 2.10. The van der Waals surface area contributed by atoms with Crippen molar-refractivity contribution in [2.75, 3.05) is 0 Å². The summed E-state index contributed by atoms with van der Waals surface area (Å²) in [4.78, 5) is 2.16. The zero-order chi connectivity index (χ0) is 13.0. The fraction of sp³-hybridized carbons (Fsp3) is 0. The summed E-state index contributed by atoms with van der Waals surface area (Å²) in [6, 6.07) is 9.11. The minimum absolute atomic E-state index is 0.0866. The van der Waals surface area contributed by atoms with Crippen molar-refractivity contribution < 1.29 is 12.8 Å². The molecule has 0 bridgehead atoms. The Morgan fingerprint density at radius 3 is 2.56 bits per heavy atom. The van der Waals surface area contributed by atoms with Gasteiger partial charge in [-0.15, -0.1) is 0 Å². The maximum atomic E-state index is 11.8. The minimum atomic E-state index is -3.68. The van der Waals surface area contributed by atoms with Crippen LogP contribution in [0.15, 0.2) is 57.1 Å². The second-order valence-corrected chi connectivity index (χ2v) is 5.42. The number of hydrogen-bond acceptors (Lipinski definition) is 4. The predicted octanol–water partition coefficient (Wildman–Crippen LogP) is 2.25. The molecule has 94 valence electrons. The van der Waals surface area contributed by atoms with Gasteiger partial charge in [-0.05, 0) is 36.4 Å². The number of furan rings is 1. The van der Waals surface area contributed by atoms with E-state index >= 15 is 0 Å². The van der Waals surface area contributed by atoms with Gasteiger partial charge in [0, 0.05) is 5.02 Å². The number of hydrogen-bond donors (Lipinski definition) is 1. The monoisotopic (exact) mass is 284 g/mol. The number of hydrazone groups is 1. The SMILES string of the molecule is O=S(=O)(N/N=C/c1ccco1)c1ccc(Cl)cc1. The van der Waals surface area contributed by atoms with Crippen molar-refractivity contribution in [3.63, 3.8) is 0 Å². The summed E-state index contributed by atoms with van der Waals surface area (Å²) in [5.41, 5.74) is 0. The van der Waals surface area contributed by atoms with E-state index < -0.39 is 10.0 Å². The highest BCUT2D eigenvalue weighted by molar-refractivity contribution is 7.89. The van der Waals surface area contributed by atoms with Gasteiger partial charge in [0.15, 0.2) is 0 Å². The highest BCUT2D eigenvalue weighted by Crippen LogP contribution is 2.13. The van der Waals surface area contributed by atoms with Crippen LogP contribution in [-0.2, 0) is 10.0 Å². The molecule has 0 atom stereocenters. The van der Waals surface area contributed by atoms with Gasteiger partial charge in [-0.25, -0.2) is 0 Å².